The molecule has 3 nitrogen and oxygen atoms in total. The molecule has 1 unspecified atom stereocenters. The monoisotopic (exact) mass is 285 g/mol. The van der Waals surface area contributed by atoms with Crippen molar-refractivity contribution >= 4 is 11.6 Å². The quantitative estimate of drug-likeness (QED) is 0.856. The summed E-state index contributed by atoms with van der Waals surface area (Å²) >= 11 is 6.17. The number of nitrogens with zero attached hydrogens (tertiary/aromatic N) is 3. The fourth-order valence-corrected chi connectivity index (χ4v) is 2.51. The van der Waals surface area contributed by atoms with Crippen molar-refractivity contribution in [2.45, 2.75) is 32.6 Å². The number of aromatic nitrogens is 2. The van der Waals surface area contributed by atoms with Gasteiger partial charge in [-0.3, -0.25) is 9.97 Å². The maximum Gasteiger partial charge on any atom is 0.101 e. The molecule has 20 heavy (non-hydrogen) atoms. The van der Waals surface area contributed by atoms with Gasteiger partial charge in [-0.25, -0.2) is 0 Å². The average Bonchev–Trinajstić information content (AvgIpc) is 2.47. The molecule has 1 atom stereocenters. The lowest BCUT2D eigenvalue weighted by atomic mass is 9.99. The van der Waals surface area contributed by atoms with E-state index in [0.717, 1.165) is 29.9 Å². The molecule has 0 spiro atoms. The fourth-order valence-electron chi connectivity index (χ4n) is 2.20. The standard InChI is InChI=1S/C16H16ClN3/c1-3-15-12(10-18)6-7-13(20-15)9-11(2)16-14(17)5-4-8-19-16/h4-8,11H,3,9H2,1-2H3. The molecule has 102 valence electrons. The minimum atomic E-state index is 0.189. The molecule has 2 heterocycles. The van der Waals surface area contributed by atoms with Gasteiger partial charge in [0.1, 0.15) is 6.07 Å². The van der Waals surface area contributed by atoms with E-state index < -0.39 is 0 Å². The van der Waals surface area contributed by atoms with E-state index >= 15 is 0 Å². The molecule has 2 rings (SSSR count). The molecule has 0 bridgehead atoms. The van der Waals surface area contributed by atoms with E-state index in [1.54, 1.807) is 6.20 Å². The molecule has 0 N–H and O–H groups in total. The van der Waals surface area contributed by atoms with Gasteiger partial charge in [-0.1, -0.05) is 25.4 Å². The first-order valence-electron chi connectivity index (χ1n) is 6.65. The zero-order valence-electron chi connectivity index (χ0n) is 11.6. The van der Waals surface area contributed by atoms with Crippen LogP contribution in [0.2, 0.25) is 5.02 Å². The highest BCUT2D eigenvalue weighted by Gasteiger charge is 2.13. The van der Waals surface area contributed by atoms with Crippen molar-refractivity contribution in [3.8, 4) is 6.07 Å². The first-order valence-corrected chi connectivity index (χ1v) is 7.02. The van der Waals surface area contributed by atoms with Gasteiger partial charge in [0.2, 0.25) is 0 Å². The predicted octanol–water partition coefficient (Wildman–Crippen LogP) is 3.91. The summed E-state index contributed by atoms with van der Waals surface area (Å²) in [6, 6.07) is 9.60. The van der Waals surface area contributed by atoms with Crippen molar-refractivity contribution in [1.82, 2.24) is 9.97 Å². The van der Waals surface area contributed by atoms with E-state index in [9.17, 15) is 0 Å². The SMILES string of the molecule is CCc1nc(CC(C)c2ncccc2Cl)ccc1C#N. The number of rotatable bonds is 4. The van der Waals surface area contributed by atoms with E-state index in [1.165, 1.54) is 0 Å². The largest absolute Gasteiger partial charge is 0.259 e. The summed E-state index contributed by atoms with van der Waals surface area (Å²) in [6.45, 7) is 4.09. The molecule has 0 saturated heterocycles. The minimum Gasteiger partial charge on any atom is -0.259 e. The highest BCUT2D eigenvalue weighted by Crippen LogP contribution is 2.24. The summed E-state index contributed by atoms with van der Waals surface area (Å²) in [6.07, 6.45) is 3.27. The number of hydrogen-bond acceptors (Lipinski definition) is 3. The average molecular weight is 286 g/mol. The van der Waals surface area contributed by atoms with E-state index in [-0.39, 0.29) is 5.92 Å². The summed E-state index contributed by atoms with van der Waals surface area (Å²) in [5.74, 6) is 0.189. The van der Waals surface area contributed by atoms with Gasteiger partial charge in [0.25, 0.3) is 0 Å². The number of aryl methyl sites for hydroxylation is 1. The summed E-state index contributed by atoms with van der Waals surface area (Å²) in [5.41, 5.74) is 3.36. The Morgan fingerprint density at radius 1 is 1.35 bits per heavy atom. The van der Waals surface area contributed by atoms with Gasteiger partial charge in [-0.15, -0.1) is 0 Å². The third-order valence-corrected chi connectivity index (χ3v) is 3.58. The van der Waals surface area contributed by atoms with Crippen LogP contribution in [-0.2, 0) is 12.8 Å². The van der Waals surface area contributed by atoms with Crippen LogP contribution in [0.5, 0.6) is 0 Å². The second-order valence-electron chi connectivity index (χ2n) is 4.74. The lowest BCUT2D eigenvalue weighted by Crippen LogP contribution is -2.05. The maximum atomic E-state index is 9.02. The molecule has 0 amide bonds. The van der Waals surface area contributed by atoms with Crippen LogP contribution < -0.4 is 0 Å². The molecule has 2 aromatic rings. The lowest BCUT2D eigenvalue weighted by Gasteiger charge is -2.12. The van der Waals surface area contributed by atoms with Gasteiger partial charge in [-0.2, -0.15) is 5.26 Å². The Kier molecular flexibility index (Phi) is 4.70. The zero-order valence-corrected chi connectivity index (χ0v) is 12.4. The van der Waals surface area contributed by atoms with Crippen LogP contribution >= 0.6 is 11.6 Å². The fraction of sp³-hybridized carbons (Fsp3) is 0.312. The van der Waals surface area contributed by atoms with E-state index in [4.69, 9.17) is 16.9 Å². The molecule has 0 aromatic carbocycles. The number of hydrogen-bond donors (Lipinski definition) is 0. The number of halogens is 1. The molecular formula is C16H16ClN3. The highest BCUT2D eigenvalue weighted by atomic mass is 35.5. The van der Waals surface area contributed by atoms with Crippen LogP contribution in [0, 0.1) is 11.3 Å². The van der Waals surface area contributed by atoms with Gasteiger partial charge < -0.3 is 0 Å². The molecule has 2 aromatic heterocycles. The third-order valence-electron chi connectivity index (χ3n) is 3.26. The van der Waals surface area contributed by atoms with Crippen molar-refractivity contribution in [1.29, 1.82) is 5.26 Å². The second kappa shape index (κ2) is 6.49. The van der Waals surface area contributed by atoms with Crippen molar-refractivity contribution in [2.24, 2.45) is 0 Å². The van der Waals surface area contributed by atoms with Crippen LogP contribution in [0.1, 0.15) is 42.4 Å². The van der Waals surface area contributed by atoms with Gasteiger partial charge in [0, 0.05) is 17.8 Å². The summed E-state index contributed by atoms with van der Waals surface area (Å²) in [5, 5.41) is 9.70. The van der Waals surface area contributed by atoms with Crippen LogP contribution in [0.25, 0.3) is 0 Å². The molecule has 4 heteroatoms. The molecule has 0 aliphatic carbocycles. The summed E-state index contributed by atoms with van der Waals surface area (Å²) < 4.78 is 0. The van der Waals surface area contributed by atoms with Crippen molar-refractivity contribution in [2.75, 3.05) is 0 Å². The Bertz CT molecular complexity index is 646. The Hall–Kier alpha value is -1.92. The zero-order chi connectivity index (χ0) is 14.5. The van der Waals surface area contributed by atoms with Gasteiger partial charge in [-0.05, 0) is 37.1 Å². The van der Waals surface area contributed by atoms with Crippen LogP contribution in [0.4, 0.5) is 0 Å². The Balaban J connectivity index is 2.22. The summed E-state index contributed by atoms with van der Waals surface area (Å²) in [4.78, 5) is 8.90. The topological polar surface area (TPSA) is 49.6 Å². The lowest BCUT2D eigenvalue weighted by molar-refractivity contribution is 0.711. The maximum absolute atomic E-state index is 9.02. The normalized spacial score (nSPS) is 11.9. The molecular weight excluding hydrogens is 270 g/mol. The smallest absolute Gasteiger partial charge is 0.101 e. The molecule has 0 radical (unpaired) electrons. The van der Waals surface area contributed by atoms with Crippen LogP contribution in [-0.4, -0.2) is 9.97 Å². The summed E-state index contributed by atoms with van der Waals surface area (Å²) in [7, 11) is 0. The second-order valence-corrected chi connectivity index (χ2v) is 5.15. The van der Waals surface area contributed by atoms with Crippen LogP contribution in [0.15, 0.2) is 30.5 Å². The first kappa shape index (κ1) is 14.5. The Morgan fingerprint density at radius 2 is 2.15 bits per heavy atom. The Morgan fingerprint density at radius 3 is 2.80 bits per heavy atom. The third kappa shape index (κ3) is 3.15. The van der Waals surface area contributed by atoms with Crippen molar-refractivity contribution in [3.63, 3.8) is 0 Å². The van der Waals surface area contributed by atoms with Gasteiger partial charge >= 0.3 is 0 Å². The van der Waals surface area contributed by atoms with E-state index in [1.807, 2.05) is 31.2 Å². The van der Waals surface area contributed by atoms with Crippen molar-refractivity contribution in [3.05, 3.63) is 58.1 Å². The molecule has 0 aliphatic rings. The Labute approximate surface area is 124 Å². The molecule has 0 aliphatic heterocycles. The highest BCUT2D eigenvalue weighted by molar-refractivity contribution is 6.31. The molecule has 0 fully saturated rings. The van der Waals surface area contributed by atoms with E-state index in [0.29, 0.717) is 10.6 Å². The number of nitriles is 1. The minimum absolute atomic E-state index is 0.189. The first-order chi connectivity index (χ1) is 9.65. The van der Waals surface area contributed by atoms with Crippen molar-refractivity contribution < 1.29 is 0 Å². The van der Waals surface area contributed by atoms with Gasteiger partial charge in [0.05, 0.1) is 22.0 Å². The van der Waals surface area contributed by atoms with E-state index in [2.05, 4.69) is 23.0 Å². The molecule has 0 saturated carbocycles. The van der Waals surface area contributed by atoms with Gasteiger partial charge in [0.15, 0.2) is 0 Å². The predicted molar refractivity (Wildman–Crippen MR) is 79.7 cm³/mol. The number of pyridine rings is 2. The van der Waals surface area contributed by atoms with Crippen LogP contribution in [0.3, 0.4) is 0 Å².